The van der Waals surface area contributed by atoms with Gasteiger partial charge in [-0.1, -0.05) is 6.58 Å². The number of hydrogen-bond acceptors (Lipinski definition) is 8. The molecule has 1 aliphatic heterocycles. The molecule has 0 aliphatic carbocycles. The lowest BCUT2D eigenvalue weighted by atomic mass is 9.93. The maximum Gasteiger partial charge on any atom is 0.437 e. The summed E-state index contributed by atoms with van der Waals surface area (Å²) in [5, 5.41) is 14.3. The Morgan fingerprint density at radius 3 is 2.62 bits per heavy atom. The number of nitrogens with one attached hydrogen (secondary N) is 2. The number of anilines is 1. The minimum absolute atomic E-state index is 0.0273. The van der Waals surface area contributed by atoms with Crippen molar-refractivity contribution in [3.05, 3.63) is 54.2 Å². The van der Waals surface area contributed by atoms with Crippen LogP contribution in [-0.4, -0.2) is 73.1 Å². The Bertz CT molecular complexity index is 1320. The van der Waals surface area contributed by atoms with Crippen LogP contribution >= 0.6 is 0 Å². The Hall–Kier alpha value is -3.78. The number of hydrogen-bond donors (Lipinski definition) is 3. The normalized spacial score (nSPS) is 20.7. The number of halogens is 1. The molecule has 1 saturated heterocycles. The molecule has 0 aromatic heterocycles. The second kappa shape index (κ2) is 12.4. The summed E-state index contributed by atoms with van der Waals surface area (Å²) in [4.78, 5) is 32.7. The van der Waals surface area contributed by atoms with Gasteiger partial charge in [0.1, 0.15) is 29.5 Å². The van der Waals surface area contributed by atoms with E-state index in [0.29, 0.717) is 0 Å². The first-order chi connectivity index (χ1) is 18.0. The minimum atomic E-state index is -4.03. The van der Waals surface area contributed by atoms with Crippen LogP contribution in [-0.2, 0) is 29.8 Å². The van der Waals surface area contributed by atoms with Crippen LogP contribution in [0.5, 0.6) is 0 Å². The van der Waals surface area contributed by atoms with E-state index in [-0.39, 0.29) is 41.9 Å². The number of carbonyl (C=O) groups excluding carboxylic acids is 2. The molecule has 1 atom stereocenters. The van der Waals surface area contributed by atoms with Gasteiger partial charge in [0.2, 0.25) is 16.0 Å². The standard InChI is InChI=1S/C25H34FN5O7S/c1-8-18(37-12-11-32)14-27-16(2)21(33)28-17-9-10-20(26)19(13-17)25(6)15-39(35,36)31(7)22(30-25)29-23(34)38-24(3,4)5/h8-10,13-14,32H,1,11-12,15H2,2-7H3,(H,28,33)(H,29,30,34)/b18-14+,27-16+/t25-/m0/s1. The largest absolute Gasteiger partial charge is 0.490 e. The van der Waals surface area contributed by atoms with Crippen molar-refractivity contribution in [2.24, 2.45) is 9.98 Å². The first-order valence-corrected chi connectivity index (χ1v) is 13.4. The fourth-order valence-corrected chi connectivity index (χ4v) is 4.85. The summed E-state index contributed by atoms with van der Waals surface area (Å²) in [5.41, 5.74) is -2.32. The quantitative estimate of drug-likeness (QED) is 0.246. The van der Waals surface area contributed by atoms with Crippen LogP contribution in [0.1, 0.15) is 40.2 Å². The molecular weight excluding hydrogens is 533 g/mol. The van der Waals surface area contributed by atoms with E-state index in [1.54, 1.807) is 20.8 Å². The summed E-state index contributed by atoms with van der Waals surface area (Å²) < 4.78 is 52.0. The number of aliphatic hydroxyl groups is 1. The predicted molar refractivity (Wildman–Crippen MR) is 145 cm³/mol. The lowest BCUT2D eigenvalue weighted by Gasteiger charge is -2.40. The Morgan fingerprint density at radius 2 is 2.03 bits per heavy atom. The third kappa shape index (κ3) is 8.61. The van der Waals surface area contributed by atoms with Crippen molar-refractivity contribution >= 4 is 39.4 Å². The Morgan fingerprint density at radius 1 is 1.36 bits per heavy atom. The van der Waals surface area contributed by atoms with Gasteiger partial charge < -0.3 is 25.2 Å². The molecule has 12 nitrogen and oxygen atoms in total. The van der Waals surface area contributed by atoms with Gasteiger partial charge in [-0.05, 0) is 58.9 Å². The lowest BCUT2D eigenvalue weighted by Crippen LogP contribution is -2.61. The van der Waals surface area contributed by atoms with Gasteiger partial charge in [-0.25, -0.2) is 21.9 Å². The summed E-state index contributed by atoms with van der Waals surface area (Å²) >= 11 is 0. The maximum atomic E-state index is 15.0. The molecule has 14 heteroatoms. The number of nitrogens with zero attached hydrogens (tertiary/aromatic N) is 3. The van der Waals surface area contributed by atoms with Gasteiger partial charge in [0, 0.05) is 18.3 Å². The predicted octanol–water partition coefficient (Wildman–Crippen LogP) is 2.63. The topological polar surface area (TPSA) is 159 Å². The second-order valence-electron chi connectivity index (χ2n) is 9.77. The fraction of sp³-hybridized carbons (Fsp3) is 0.440. The van der Waals surface area contributed by atoms with Crippen LogP contribution in [0.15, 0.2) is 52.8 Å². The number of sulfonamides is 1. The van der Waals surface area contributed by atoms with Gasteiger partial charge in [0.05, 0.1) is 24.1 Å². The number of rotatable bonds is 8. The summed E-state index contributed by atoms with van der Waals surface area (Å²) in [6, 6.07) is 3.68. The van der Waals surface area contributed by atoms with Gasteiger partial charge >= 0.3 is 6.09 Å². The van der Waals surface area contributed by atoms with Gasteiger partial charge in [-0.15, -0.1) is 4.99 Å². The highest BCUT2D eigenvalue weighted by Gasteiger charge is 2.44. The summed E-state index contributed by atoms with van der Waals surface area (Å²) in [7, 11) is -2.82. The van der Waals surface area contributed by atoms with E-state index in [9.17, 15) is 18.0 Å². The Balaban J connectivity index is 2.38. The van der Waals surface area contributed by atoms with E-state index in [4.69, 9.17) is 14.6 Å². The maximum absolute atomic E-state index is 15.0. The van der Waals surface area contributed by atoms with E-state index in [2.05, 4.69) is 27.2 Å². The highest BCUT2D eigenvalue weighted by Crippen LogP contribution is 2.32. The molecule has 1 heterocycles. The Kier molecular flexibility index (Phi) is 9.98. The lowest BCUT2D eigenvalue weighted by molar-refractivity contribution is -0.110. The molecule has 0 bridgehead atoms. The van der Waals surface area contributed by atoms with E-state index in [1.807, 2.05) is 0 Å². The van der Waals surface area contributed by atoms with E-state index in [1.165, 1.54) is 45.3 Å². The zero-order valence-electron chi connectivity index (χ0n) is 22.7. The number of ether oxygens (including phenoxy) is 2. The molecule has 0 radical (unpaired) electrons. The smallest absolute Gasteiger partial charge is 0.437 e. The highest BCUT2D eigenvalue weighted by molar-refractivity contribution is 7.89. The number of amides is 2. The van der Waals surface area contributed by atoms with Crippen molar-refractivity contribution < 1.29 is 37.0 Å². The zero-order valence-corrected chi connectivity index (χ0v) is 23.6. The molecule has 39 heavy (non-hydrogen) atoms. The number of allylic oxidation sites excluding steroid dienone is 1. The van der Waals surface area contributed by atoms with Gasteiger partial charge in [-0.3, -0.25) is 9.79 Å². The van der Waals surface area contributed by atoms with Crippen molar-refractivity contribution in [1.82, 2.24) is 9.62 Å². The second-order valence-corrected chi connectivity index (χ2v) is 11.8. The Labute approximate surface area is 227 Å². The van der Waals surface area contributed by atoms with E-state index < -0.39 is 44.7 Å². The third-order valence-electron chi connectivity index (χ3n) is 5.26. The van der Waals surface area contributed by atoms with E-state index in [0.717, 1.165) is 10.4 Å². The van der Waals surface area contributed by atoms with Crippen molar-refractivity contribution in [2.75, 3.05) is 31.3 Å². The number of benzene rings is 1. The SMILES string of the molecule is C=C/C(=C\N=C(/C)C(=O)Nc1ccc(F)c([C@]2(C)CS(=O)(=O)N(C)/C(=N/C(=O)OC(C)(C)C)N2)c1)OCCO. The number of aliphatic imine (C=N–C) groups is 2. The number of carbonyl (C=O) groups is 2. The number of guanidine groups is 1. The molecule has 214 valence electrons. The van der Waals surface area contributed by atoms with Crippen LogP contribution in [0.4, 0.5) is 14.9 Å². The first-order valence-electron chi connectivity index (χ1n) is 11.8. The van der Waals surface area contributed by atoms with Crippen molar-refractivity contribution in [3.8, 4) is 0 Å². The van der Waals surface area contributed by atoms with Crippen molar-refractivity contribution in [1.29, 1.82) is 0 Å². The molecule has 0 unspecified atom stereocenters. The summed E-state index contributed by atoms with van der Waals surface area (Å²) in [5.74, 6) is -2.03. The van der Waals surface area contributed by atoms with Gasteiger partial charge in [0.25, 0.3) is 5.91 Å². The number of aliphatic hydroxyl groups excluding tert-OH is 1. The average Bonchev–Trinajstić information content (AvgIpc) is 2.81. The monoisotopic (exact) mass is 567 g/mol. The minimum Gasteiger partial charge on any atom is -0.490 e. The van der Waals surface area contributed by atoms with Crippen LogP contribution in [0.3, 0.4) is 0 Å². The summed E-state index contributed by atoms with van der Waals surface area (Å²) in [6.07, 6.45) is 1.59. The van der Waals surface area contributed by atoms with Gasteiger partial charge in [-0.2, -0.15) is 0 Å². The molecule has 3 N–H and O–H groups in total. The first kappa shape index (κ1) is 31.4. The molecule has 2 amide bonds. The van der Waals surface area contributed by atoms with Crippen LogP contribution < -0.4 is 10.6 Å². The molecule has 1 fully saturated rings. The van der Waals surface area contributed by atoms with Crippen LogP contribution in [0.25, 0.3) is 0 Å². The van der Waals surface area contributed by atoms with Crippen LogP contribution in [0.2, 0.25) is 0 Å². The highest BCUT2D eigenvalue weighted by atomic mass is 32.2. The molecular formula is C25H34FN5O7S. The van der Waals surface area contributed by atoms with E-state index >= 15 is 4.39 Å². The molecule has 0 spiro atoms. The zero-order chi connectivity index (χ0) is 29.6. The van der Waals surface area contributed by atoms with Crippen molar-refractivity contribution in [2.45, 2.75) is 45.8 Å². The molecule has 1 aromatic carbocycles. The third-order valence-corrected chi connectivity index (χ3v) is 7.21. The molecule has 1 aromatic rings. The summed E-state index contributed by atoms with van der Waals surface area (Å²) in [6.45, 7) is 11.1. The molecule has 0 saturated carbocycles. The van der Waals surface area contributed by atoms with Crippen LogP contribution in [0, 0.1) is 5.82 Å². The fourth-order valence-electron chi connectivity index (χ4n) is 3.35. The molecule has 2 rings (SSSR count). The average molecular weight is 568 g/mol. The molecule has 1 aliphatic rings. The van der Waals surface area contributed by atoms with Crippen molar-refractivity contribution in [3.63, 3.8) is 0 Å². The van der Waals surface area contributed by atoms with Gasteiger partial charge in [0.15, 0.2) is 0 Å².